The molecule has 2 rings (SSSR count). The molecular formula is C14H14ClN3O3. The third kappa shape index (κ3) is 3.68. The van der Waals surface area contributed by atoms with Gasteiger partial charge in [-0.2, -0.15) is 0 Å². The van der Waals surface area contributed by atoms with E-state index in [1.807, 2.05) is 12.1 Å². The smallest absolute Gasteiger partial charge is 0.312 e. The number of aryl methyl sites for hydroxylation is 1. The first kappa shape index (κ1) is 15.2. The molecule has 0 aliphatic heterocycles. The van der Waals surface area contributed by atoms with Crippen LogP contribution >= 0.6 is 11.6 Å². The Kier molecular flexibility index (Phi) is 4.72. The van der Waals surface area contributed by atoms with Crippen molar-refractivity contribution in [3.05, 3.63) is 56.7 Å². The second-order valence-corrected chi connectivity index (χ2v) is 4.87. The third-order valence-corrected chi connectivity index (χ3v) is 3.33. The summed E-state index contributed by atoms with van der Waals surface area (Å²) >= 11 is 5.92. The number of benzene rings is 1. The highest BCUT2D eigenvalue weighted by atomic mass is 35.5. The SMILES string of the molecule is Cc1cc([N+](=O)[O-])c(Nc2ccc(CCO)cc2)nc1Cl. The monoisotopic (exact) mass is 307 g/mol. The molecule has 0 radical (unpaired) electrons. The number of nitrogens with zero attached hydrogens (tertiary/aromatic N) is 2. The molecule has 0 saturated heterocycles. The number of rotatable bonds is 5. The third-order valence-electron chi connectivity index (χ3n) is 2.95. The fourth-order valence-corrected chi connectivity index (χ4v) is 1.97. The number of pyridine rings is 1. The van der Waals surface area contributed by atoms with Gasteiger partial charge in [0, 0.05) is 18.4 Å². The standard InChI is InChI=1S/C14H14ClN3O3/c1-9-8-12(18(20)21)14(17-13(9)15)16-11-4-2-10(3-5-11)6-7-19/h2-5,8,19H,6-7H2,1H3,(H,16,17). The Hall–Kier alpha value is -2.18. The van der Waals surface area contributed by atoms with Gasteiger partial charge < -0.3 is 10.4 Å². The van der Waals surface area contributed by atoms with Gasteiger partial charge in [-0.25, -0.2) is 4.98 Å². The van der Waals surface area contributed by atoms with Crippen molar-refractivity contribution in [3.63, 3.8) is 0 Å². The lowest BCUT2D eigenvalue weighted by atomic mass is 10.1. The van der Waals surface area contributed by atoms with E-state index in [0.717, 1.165) is 5.56 Å². The number of hydrogen-bond donors (Lipinski definition) is 2. The van der Waals surface area contributed by atoms with Crippen LogP contribution < -0.4 is 5.32 Å². The summed E-state index contributed by atoms with van der Waals surface area (Å²) in [4.78, 5) is 14.6. The van der Waals surface area contributed by atoms with Gasteiger partial charge in [0.2, 0.25) is 5.82 Å². The molecule has 110 valence electrons. The molecule has 2 N–H and O–H groups in total. The fourth-order valence-electron chi connectivity index (χ4n) is 1.83. The second-order valence-electron chi connectivity index (χ2n) is 4.52. The van der Waals surface area contributed by atoms with Gasteiger partial charge in [0.25, 0.3) is 0 Å². The average Bonchev–Trinajstić information content (AvgIpc) is 2.44. The minimum absolute atomic E-state index is 0.0768. The van der Waals surface area contributed by atoms with Gasteiger partial charge in [-0.05, 0) is 36.6 Å². The molecular weight excluding hydrogens is 294 g/mol. The zero-order valence-electron chi connectivity index (χ0n) is 11.3. The van der Waals surface area contributed by atoms with E-state index in [1.54, 1.807) is 19.1 Å². The molecule has 0 aliphatic rings. The molecule has 0 unspecified atom stereocenters. The van der Waals surface area contributed by atoms with Crippen LogP contribution in [0.4, 0.5) is 17.2 Å². The molecule has 7 heteroatoms. The molecule has 0 saturated carbocycles. The van der Waals surface area contributed by atoms with Crippen molar-refractivity contribution >= 4 is 28.8 Å². The van der Waals surface area contributed by atoms with E-state index in [-0.39, 0.29) is 23.3 Å². The molecule has 1 heterocycles. The van der Waals surface area contributed by atoms with Crippen molar-refractivity contribution in [3.8, 4) is 0 Å². The van der Waals surface area contributed by atoms with E-state index in [4.69, 9.17) is 16.7 Å². The normalized spacial score (nSPS) is 10.4. The van der Waals surface area contributed by atoms with Gasteiger partial charge in [-0.15, -0.1) is 0 Å². The van der Waals surface area contributed by atoms with Gasteiger partial charge in [-0.1, -0.05) is 23.7 Å². The Balaban J connectivity index is 2.30. The second kappa shape index (κ2) is 6.51. The van der Waals surface area contributed by atoms with Crippen LogP contribution in [0.5, 0.6) is 0 Å². The molecule has 2 aromatic rings. The summed E-state index contributed by atoms with van der Waals surface area (Å²) in [6.45, 7) is 1.74. The number of hydrogen-bond acceptors (Lipinski definition) is 5. The van der Waals surface area contributed by atoms with E-state index in [2.05, 4.69) is 10.3 Å². The van der Waals surface area contributed by atoms with Crippen molar-refractivity contribution in [2.75, 3.05) is 11.9 Å². The van der Waals surface area contributed by atoms with Crippen LogP contribution in [0.1, 0.15) is 11.1 Å². The van der Waals surface area contributed by atoms with Gasteiger partial charge in [0.1, 0.15) is 5.15 Å². The number of nitrogens with one attached hydrogen (secondary N) is 1. The Bertz CT molecular complexity index is 659. The lowest BCUT2D eigenvalue weighted by Crippen LogP contribution is -2.01. The molecule has 6 nitrogen and oxygen atoms in total. The summed E-state index contributed by atoms with van der Waals surface area (Å²) in [6, 6.07) is 8.59. The zero-order valence-corrected chi connectivity index (χ0v) is 12.1. The van der Waals surface area contributed by atoms with Crippen LogP contribution in [0.15, 0.2) is 30.3 Å². The predicted octanol–water partition coefficient (Wildman–Crippen LogP) is 3.23. The summed E-state index contributed by atoms with van der Waals surface area (Å²) in [7, 11) is 0. The summed E-state index contributed by atoms with van der Waals surface area (Å²) in [6.07, 6.45) is 0.565. The van der Waals surface area contributed by atoms with E-state index >= 15 is 0 Å². The van der Waals surface area contributed by atoms with E-state index in [9.17, 15) is 10.1 Å². The minimum Gasteiger partial charge on any atom is -0.396 e. The number of anilines is 2. The topological polar surface area (TPSA) is 88.3 Å². The number of aliphatic hydroxyl groups is 1. The highest BCUT2D eigenvalue weighted by molar-refractivity contribution is 6.30. The largest absolute Gasteiger partial charge is 0.396 e. The Morgan fingerprint density at radius 2 is 2.05 bits per heavy atom. The molecule has 0 aliphatic carbocycles. The van der Waals surface area contributed by atoms with E-state index in [0.29, 0.717) is 17.7 Å². The Labute approximate surface area is 126 Å². The maximum atomic E-state index is 11.1. The van der Waals surface area contributed by atoms with Crippen LogP contribution in [0.25, 0.3) is 0 Å². The highest BCUT2D eigenvalue weighted by Gasteiger charge is 2.18. The van der Waals surface area contributed by atoms with Gasteiger partial charge in [-0.3, -0.25) is 10.1 Å². The average molecular weight is 308 g/mol. The zero-order chi connectivity index (χ0) is 15.4. The van der Waals surface area contributed by atoms with Crippen molar-refractivity contribution in [2.45, 2.75) is 13.3 Å². The molecule has 0 spiro atoms. The lowest BCUT2D eigenvalue weighted by Gasteiger charge is -2.08. The van der Waals surface area contributed by atoms with Crippen LogP contribution in [0, 0.1) is 17.0 Å². The summed E-state index contributed by atoms with van der Waals surface area (Å²) in [5.41, 5.74) is 2.06. The highest BCUT2D eigenvalue weighted by Crippen LogP contribution is 2.29. The molecule has 21 heavy (non-hydrogen) atoms. The molecule has 1 aromatic heterocycles. The van der Waals surface area contributed by atoms with Crippen LogP contribution in [-0.2, 0) is 6.42 Å². The Morgan fingerprint density at radius 1 is 1.38 bits per heavy atom. The molecule has 0 atom stereocenters. The summed E-state index contributed by atoms with van der Waals surface area (Å²) < 4.78 is 0. The fraction of sp³-hybridized carbons (Fsp3) is 0.214. The van der Waals surface area contributed by atoms with Crippen molar-refractivity contribution in [2.24, 2.45) is 0 Å². The van der Waals surface area contributed by atoms with E-state index < -0.39 is 4.92 Å². The minimum atomic E-state index is -0.501. The molecule has 0 fully saturated rings. The maximum Gasteiger partial charge on any atom is 0.312 e. The molecule has 0 bridgehead atoms. The van der Waals surface area contributed by atoms with Gasteiger partial charge in [0.05, 0.1) is 4.92 Å². The van der Waals surface area contributed by atoms with Crippen molar-refractivity contribution in [1.29, 1.82) is 0 Å². The number of aliphatic hydroxyl groups excluding tert-OH is 1. The quantitative estimate of drug-likeness (QED) is 0.503. The number of halogens is 1. The first-order valence-electron chi connectivity index (χ1n) is 6.29. The number of nitro groups is 1. The first-order valence-corrected chi connectivity index (χ1v) is 6.67. The lowest BCUT2D eigenvalue weighted by molar-refractivity contribution is -0.384. The Morgan fingerprint density at radius 3 is 2.62 bits per heavy atom. The predicted molar refractivity (Wildman–Crippen MR) is 81.2 cm³/mol. The van der Waals surface area contributed by atoms with Crippen molar-refractivity contribution in [1.82, 2.24) is 4.98 Å². The van der Waals surface area contributed by atoms with E-state index in [1.165, 1.54) is 6.07 Å². The maximum absolute atomic E-state index is 11.1. The molecule has 1 aromatic carbocycles. The summed E-state index contributed by atoms with van der Waals surface area (Å²) in [5, 5.41) is 23.0. The van der Waals surface area contributed by atoms with Crippen LogP contribution in [-0.4, -0.2) is 21.6 Å². The van der Waals surface area contributed by atoms with Gasteiger partial charge >= 0.3 is 5.69 Å². The molecule has 0 amide bonds. The van der Waals surface area contributed by atoms with Crippen LogP contribution in [0.2, 0.25) is 5.15 Å². The number of aromatic nitrogens is 1. The van der Waals surface area contributed by atoms with Gasteiger partial charge in [0.15, 0.2) is 0 Å². The van der Waals surface area contributed by atoms with Crippen molar-refractivity contribution < 1.29 is 10.0 Å². The summed E-state index contributed by atoms with van der Waals surface area (Å²) in [5.74, 6) is 0.102. The van der Waals surface area contributed by atoms with Crippen LogP contribution in [0.3, 0.4) is 0 Å². The first-order chi connectivity index (χ1) is 10.0.